The highest BCUT2D eigenvalue weighted by molar-refractivity contribution is 5.72. The van der Waals surface area contributed by atoms with Gasteiger partial charge in [0.2, 0.25) is 0 Å². The molecule has 58 heavy (non-hydrogen) atoms. The van der Waals surface area contributed by atoms with Crippen LogP contribution in [0.4, 0.5) is 0 Å². The molecule has 0 aliphatic carbocycles. The fourth-order valence-electron chi connectivity index (χ4n) is 6.36. The summed E-state index contributed by atoms with van der Waals surface area (Å²) in [5.74, 6) is 1.87. The molecule has 4 aromatic rings. The maximum absolute atomic E-state index is 11.8. The van der Waals surface area contributed by atoms with Crippen molar-refractivity contribution in [1.29, 1.82) is 0 Å². The molecule has 0 aliphatic heterocycles. The molecule has 0 saturated carbocycles. The Hall–Kier alpha value is -4.78. The highest BCUT2D eigenvalue weighted by atomic mass is 16.6. The van der Waals surface area contributed by atoms with E-state index in [1.165, 1.54) is 31.9 Å². The number of phenolic OH excluding ortho intramolecular Hbond substituents is 2. The Morgan fingerprint density at radius 1 is 0.621 bits per heavy atom. The number of hydrogen-bond donors (Lipinski definition) is 2. The van der Waals surface area contributed by atoms with Crippen LogP contribution in [0, 0.1) is 11.8 Å². The summed E-state index contributed by atoms with van der Waals surface area (Å²) in [6.45, 7) is 12.2. The minimum absolute atomic E-state index is 0.0373. The number of aromatic hydroxyl groups is 2. The number of methoxy groups -OCH3 is 1. The third-order valence-corrected chi connectivity index (χ3v) is 10.0. The van der Waals surface area contributed by atoms with E-state index in [0.29, 0.717) is 60.1 Å². The van der Waals surface area contributed by atoms with Gasteiger partial charge in [-0.1, -0.05) is 96.6 Å². The number of benzene rings is 3. The molecule has 1 heterocycles. The second-order valence-electron chi connectivity index (χ2n) is 14.6. The standard InChI is InChI=1S/C46H63N3O9/c1-7-11-16-33(9-3)26-54-28-38(53-6)30-56-36-20-22-40(42(51)24-36)45-47-44(35-18-14-13-15-19-35)48-46(49-45)41-23-21-37(25-43(41)52)57-31-39(58-32(5)50)29-55-27-34(10-4)17-12-8-2/h13-15,18-25,33-34,38-39,51-52H,7-12,16-17,26-31H2,1-6H3. The van der Waals surface area contributed by atoms with Crippen LogP contribution in [-0.4, -0.2) is 90.1 Å². The van der Waals surface area contributed by atoms with E-state index in [1.54, 1.807) is 31.4 Å². The van der Waals surface area contributed by atoms with Gasteiger partial charge in [0, 0.05) is 44.9 Å². The van der Waals surface area contributed by atoms with Crippen molar-refractivity contribution in [1.82, 2.24) is 15.0 Å². The first kappa shape index (κ1) is 45.9. The van der Waals surface area contributed by atoms with Crippen LogP contribution in [0.2, 0.25) is 0 Å². The fraction of sp³-hybridized carbons (Fsp3) is 0.522. The molecular formula is C46H63N3O9. The fourth-order valence-corrected chi connectivity index (χ4v) is 6.36. The van der Waals surface area contributed by atoms with Crippen LogP contribution < -0.4 is 9.47 Å². The second-order valence-corrected chi connectivity index (χ2v) is 14.6. The summed E-state index contributed by atoms with van der Waals surface area (Å²) in [4.78, 5) is 25.9. The number of esters is 1. The van der Waals surface area contributed by atoms with E-state index >= 15 is 0 Å². The SMILES string of the molecule is CCCCC(CC)COCC(COc1ccc(-c2nc(-c3ccccc3)nc(-c3ccc(OCC(COCC(CC)CCCC)OC(C)=O)cc3O)n2)c(O)c1)OC. The highest BCUT2D eigenvalue weighted by Gasteiger charge is 2.20. The molecule has 0 saturated heterocycles. The normalized spacial score (nSPS) is 13.4. The smallest absolute Gasteiger partial charge is 0.303 e. The lowest BCUT2D eigenvalue weighted by Crippen LogP contribution is -2.30. The van der Waals surface area contributed by atoms with Crippen molar-refractivity contribution in [2.75, 3.05) is 46.8 Å². The van der Waals surface area contributed by atoms with Gasteiger partial charge in [0.25, 0.3) is 0 Å². The van der Waals surface area contributed by atoms with Crippen molar-refractivity contribution in [3.05, 3.63) is 66.7 Å². The predicted octanol–water partition coefficient (Wildman–Crippen LogP) is 9.45. The molecule has 316 valence electrons. The molecule has 0 radical (unpaired) electrons. The largest absolute Gasteiger partial charge is 0.507 e. The zero-order chi connectivity index (χ0) is 41.7. The Labute approximate surface area is 344 Å². The quantitative estimate of drug-likeness (QED) is 0.0553. The second kappa shape index (κ2) is 24.9. The number of unbranched alkanes of at least 4 members (excludes halogenated alkanes) is 2. The number of aromatic nitrogens is 3. The summed E-state index contributed by atoms with van der Waals surface area (Å²) in [5, 5.41) is 22.5. The predicted molar refractivity (Wildman–Crippen MR) is 225 cm³/mol. The lowest BCUT2D eigenvalue weighted by molar-refractivity contribution is -0.151. The average Bonchev–Trinajstić information content (AvgIpc) is 3.23. The number of hydrogen-bond acceptors (Lipinski definition) is 12. The van der Waals surface area contributed by atoms with Crippen LogP contribution >= 0.6 is 0 Å². The average molecular weight is 802 g/mol. The molecule has 12 heteroatoms. The van der Waals surface area contributed by atoms with Gasteiger partial charge in [-0.15, -0.1) is 0 Å². The molecule has 4 unspecified atom stereocenters. The maximum Gasteiger partial charge on any atom is 0.303 e. The molecule has 0 amide bonds. The van der Waals surface area contributed by atoms with Gasteiger partial charge >= 0.3 is 5.97 Å². The van der Waals surface area contributed by atoms with E-state index in [-0.39, 0.29) is 49.1 Å². The number of ether oxygens (including phenoxy) is 6. The van der Waals surface area contributed by atoms with Crippen molar-refractivity contribution in [3.8, 4) is 57.2 Å². The molecule has 0 aliphatic rings. The Bertz CT molecular complexity index is 1810. The van der Waals surface area contributed by atoms with Crippen molar-refractivity contribution < 1.29 is 43.4 Å². The Balaban J connectivity index is 1.48. The number of phenols is 2. The monoisotopic (exact) mass is 801 g/mol. The van der Waals surface area contributed by atoms with Crippen molar-refractivity contribution in [3.63, 3.8) is 0 Å². The van der Waals surface area contributed by atoms with Gasteiger partial charge in [-0.2, -0.15) is 0 Å². The maximum atomic E-state index is 11.8. The molecule has 4 atom stereocenters. The third kappa shape index (κ3) is 14.9. The Kier molecular flexibility index (Phi) is 19.7. The van der Waals surface area contributed by atoms with Gasteiger partial charge in [0.1, 0.15) is 42.3 Å². The molecule has 1 aromatic heterocycles. The molecule has 2 N–H and O–H groups in total. The van der Waals surface area contributed by atoms with Crippen LogP contribution in [0.15, 0.2) is 66.7 Å². The van der Waals surface area contributed by atoms with Crippen LogP contribution in [0.25, 0.3) is 34.2 Å². The zero-order valence-corrected chi connectivity index (χ0v) is 35.2. The minimum Gasteiger partial charge on any atom is -0.507 e. The summed E-state index contributed by atoms with van der Waals surface area (Å²) in [7, 11) is 1.63. The van der Waals surface area contributed by atoms with Gasteiger partial charge in [0.15, 0.2) is 23.6 Å². The summed E-state index contributed by atoms with van der Waals surface area (Å²) in [5.41, 5.74) is 1.41. The first-order valence-electron chi connectivity index (χ1n) is 20.8. The van der Waals surface area contributed by atoms with Crippen LogP contribution in [-0.2, 0) is 23.7 Å². The van der Waals surface area contributed by atoms with E-state index in [1.807, 2.05) is 30.3 Å². The number of nitrogens with zero attached hydrogens (tertiary/aromatic N) is 3. The van der Waals surface area contributed by atoms with Gasteiger partial charge in [-0.05, 0) is 48.9 Å². The molecule has 0 spiro atoms. The first-order valence-corrected chi connectivity index (χ1v) is 20.8. The van der Waals surface area contributed by atoms with Crippen molar-refractivity contribution in [2.45, 2.75) is 98.2 Å². The molecule has 0 bridgehead atoms. The molecular weight excluding hydrogens is 739 g/mol. The summed E-state index contributed by atoms with van der Waals surface area (Å²) >= 11 is 0. The van der Waals surface area contributed by atoms with Gasteiger partial charge < -0.3 is 38.6 Å². The summed E-state index contributed by atoms with van der Waals surface area (Å²) < 4.78 is 34.9. The van der Waals surface area contributed by atoms with Crippen LogP contribution in [0.1, 0.15) is 86.0 Å². The number of carbonyl (C=O) groups excluding carboxylic acids is 1. The molecule has 0 fully saturated rings. The zero-order valence-electron chi connectivity index (χ0n) is 35.2. The van der Waals surface area contributed by atoms with E-state index in [0.717, 1.165) is 44.1 Å². The number of rotatable bonds is 27. The van der Waals surface area contributed by atoms with E-state index in [9.17, 15) is 15.0 Å². The molecule has 12 nitrogen and oxygen atoms in total. The number of carbonyl (C=O) groups is 1. The Morgan fingerprint density at radius 2 is 1.10 bits per heavy atom. The highest BCUT2D eigenvalue weighted by Crippen LogP contribution is 2.36. The molecule has 3 aromatic carbocycles. The minimum atomic E-state index is -0.624. The summed E-state index contributed by atoms with van der Waals surface area (Å²) in [6, 6.07) is 19.1. The van der Waals surface area contributed by atoms with E-state index < -0.39 is 12.1 Å². The third-order valence-electron chi connectivity index (χ3n) is 10.0. The summed E-state index contributed by atoms with van der Waals surface area (Å²) in [6.07, 6.45) is 8.08. The Morgan fingerprint density at radius 3 is 1.55 bits per heavy atom. The van der Waals surface area contributed by atoms with E-state index in [4.69, 9.17) is 38.4 Å². The molecule has 4 rings (SSSR count). The lowest BCUT2D eigenvalue weighted by atomic mass is 10.0. The van der Waals surface area contributed by atoms with Crippen LogP contribution in [0.3, 0.4) is 0 Å². The van der Waals surface area contributed by atoms with Crippen molar-refractivity contribution in [2.24, 2.45) is 11.8 Å². The lowest BCUT2D eigenvalue weighted by Gasteiger charge is -2.20. The van der Waals surface area contributed by atoms with Gasteiger partial charge in [-0.3, -0.25) is 4.79 Å². The topological polar surface area (TPSA) is 152 Å². The van der Waals surface area contributed by atoms with E-state index in [2.05, 4.69) is 32.7 Å². The van der Waals surface area contributed by atoms with Gasteiger partial charge in [-0.25, -0.2) is 15.0 Å². The van der Waals surface area contributed by atoms with Gasteiger partial charge in [0.05, 0.1) is 24.3 Å². The van der Waals surface area contributed by atoms with Crippen LogP contribution in [0.5, 0.6) is 23.0 Å². The first-order chi connectivity index (χ1) is 28.2. The van der Waals surface area contributed by atoms with Crippen molar-refractivity contribution >= 4 is 5.97 Å².